The summed E-state index contributed by atoms with van der Waals surface area (Å²) in [4.78, 5) is 45.3. The number of nitrogens with zero attached hydrogens (tertiary/aromatic N) is 3. The van der Waals surface area contributed by atoms with Gasteiger partial charge in [-0.3, -0.25) is 19.4 Å². The number of benzene rings is 3. The lowest BCUT2D eigenvalue weighted by atomic mass is 9.69. The fourth-order valence-electron chi connectivity index (χ4n) is 6.69. The first-order chi connectivity index (χ1) is 19.3. The van der Waals surface area contributed by atoms with Gasteiger partial charge in [-0.25, -0.2) is 4.79 Å². The zero-order chi connectivity index (χ0) is 28.1. The fraction of sp³-hybridized carbons (Fsp3) is 0.344. The van der Waals surface area contributed by atoms with Gasteiger partial charge in [-0.1, -0.05) is 48.5 Å². The van der Waals surface area contributed by atoms with E-state index in [0.717, 1.165) is 37.0 Å². The van der Waals surface area contributed by atoms with E-state index >= 15 is 0 Å². The Morgan fingerprint density at radius 2 is 1.52 bits per heavy atom. The summed E-state index contributed by atoms with van der Waals surface area (Å²) in [5, 5.41) is 3.27. The van der Waals surface area contributed by atoms with Gasteiger partial charge in [-0.2, -0.15) is 0 Å². The molecule has 0 aromatic heterocycles. The largest absolute Gasteiger partial charge is 0.497 e. The third-order valence-electron chi connectivity index (χ3n) is 9.05. The summed E-state index contributed by atoms with van der Waals surface area (Å²) in [5.41, 5.74) is 3.02. The first-order valence-corrected chi connectivity index (χ1v) is 13.7. The lowest BCUT2D eigenvalue weighted by Crippen LogP contribution is -2.54. The lowest BCUT2D eigenvalue weighted by Gasteiger charge is -2.48. The maximum absolute atomic E-state index is 13.4. The van der Waals surface area contributed by atoms with Crippen molar-refractivity contribution < 1.29 is 19.1 Å². The molecule has 1 saturated carbocycles. The molecule has 0 unspecified atom stereocenters. The highest BCUT2D eigenvalue weighted by molar-refractivity contribution is 6.53. The lowest BCUT2D eigenvalue weighted by molar-refractivity contribution is -0.114. The first-order valence-electron chi connectivity index (χ1n) is 13.7. The Bertz CT molecular complexity index is 1460. The molecule has 206 valence electrons. The summed E-state index contributed by atoms with van der Waals surface area (Å²) in [6.45, 7) is 0.716. The number of ketones is 1. The van der Waals surface area contributed by atoms with Crippen LogP contribution in [0.4, 0.5) is 16.2 Å². The topological polar surface area (TPSA) is 82.2 Å². The quantitative estimate of drug-likeness (QED) is 0.459. The molecule has 0 radical (unpaired) electrons. The van der Waals surface area contributed by atoms with Gasteiger partial charge in [0.25, 0.3) is 11.7 Å². The highest BCUT2D eigenvalue weighted by atomic mass is 16.5. The smallest absolute Gasteiger partial charge is 0.322 e. The normalized spacial score (nSPS) is 24.1. The summed E-state index contributed by atoms with van der Waals surface area (Å²) in [7, 11) is 5.85. The molecule has 0 bridgehead atoms. The van der Waals surface area contributed by atoms with E-state index in [-0.39, 0.29) is 23.7 Å². The average Bonchev–Trinajstić information content (AvgIpc) is 3.42. The maximum atomic E-state index is 13.4. The van der Waals surface area contributed by atoms with Crippen LogP contribution in [0.5, 0.6) is 5.75 Å². The highest BCUT2D eigenvalue weighted by Crippen LogP contribution is 2.47. The van der Waals surface area contributed by atoms with Crippen LogP contribution in [0.3, 0.4) is 0 Å². The van der Waals surface area contributed by atoms with Crippen LogP contribution in [0.2, 0.25) is 0 Å². The summed E-state index contributed by atoms with van der Waals surface area (Å²) in [6.07, 6.45) is 3.43. The van der Waals surface area contributed by atoms with E-state index in [1.54, 1.807) is 24.1 Å². The molecule has 8 heteroatoms. The number of amides is 3. The van der Waals surface area contributed by atoms with Crippen molar-refractivity contribution in [2.24, 2.45) is 0 Å². The Morgan fingerprint density at radius 1 is 0.850 bits per heavy atom. The number of rotatable bonds is 6. The summed E-state index contributed by atoms with van der Waals surface area (Å²) >= 11 is 0. The van der Waals surface area contributed by atoms with Crippen molar-refractivity contribution in [3.63, 3.8) is 0 Å². The molecule has 0 atom stereocenters. The van der Waals surface area contributed by atoms with Crippen LogP contribution < -0.4 is 19.9 Å². The van der Waals surface area contributed by atoms with Crippen molar-refractivity contribution in [1.29, 1.82) is 0 Å². The van der Waals surface area contributed by atoms with Gasteiger partial charge in [0.05, 0.1) is 42.7 Å². The van der Waals surface area contributed by atoms with Crippen LogP contribution >= 0.6 is 0 Å². The molecule has 3 aromatic rings. The molecular weight excluding hydrogens is 504 g/mol. The molecule has 2 fully saturated rings. The Balaban J connectivity index is 1.26. The van der Waals surface area contributed by atoms with E-state index in [9.17, 15) is 14.4 Å². The van der Waals surface area contributed by atoms with Crippen LogP contribution in [0.15, 0.2) is 72.8 Å². The average molecular weight is 539 g/mol. The van der Waals surface area contributed by atoms with Crippen LogP contribution in [-0.4, -0.2) is 55.9 Å². The molecule has 8 nitrogen and oxygen atoms in total. The molecule has 2 heterocycles. The molecule has 3 aromatic carbocycles. The van der Waals surface area contributed by atoms with Gasteiger partial charge in [-0.15, -0.1) is 0 Å². The van der Waals surface area contributed by atoms with E-state index in [1.165, 1.54) is 10.5 Å². The molecule has 2 aliphatic heterocycles. The molecule has 1 spiro atoms. The predicted octanol–water partition coefficient (Wildman–Crippen LogP) is 4.72. The summed E-state index contributed by atoms with van der Waals surface area (Å²) in [6, 6.07) is 23.1. The number of anilines is 2. The van der Waals surface area contributed by atoms with Gasteiger partial charge < -0.3 is 15.0 Å². The van der Waals surface area contributed by atoms with Crippen molar-refractivity contribution in [3.05, 3.63) is 89.5 Å². The number of ether oxygens (including phenoxy) is 1. The fourth-order valence-corrected chi connectivity index (χ4v) is 6.69. The van der Waals surface area contributed by atoms with Crippen LogP contribution in [0, 0.1) is 0 Å². The van der Waals surface area contributed by atoms with Crippen molar-refractivity contribution in [2.45, 2.75) is 43.3 Å². The number of hydrogen-bond acceptors (Lipinski definition) is 5. The molecule has 3 aliphatic rings. The van der Waals surface area contributed by atoms with Gasteiger partial charge in [0.1, 0.15) is 5.75 Å². The Kier molecular flexibility index (Phi) is 6.38. The van der Waals surface area contributed by atoms with E-state index in [1.807, 2.05) is 36.4 Å². The molecule has 40 heavy (non-hydrogen) atoms. The predicted molar refractivity (Wildman–Crippen MR) is 154 cm³/mol. The number of hydrogen-bond donors (Lipinski definition) is 1. The second kappa shape index (κ2) is 9.78. The molecule has 1 saturated heterocycles. The molecule has 3 amide bonds. The van der Waals surface area contributed by atoms with Crippen molar-refractivity contribution >= 4 is 29.1 Å². The number of urea groups is 1. The first kappa shape index (κ1) is 26.1. The Morgan fingerprint density at radius 3 is 2.17 bits per heavy atom. The van der Waals surface area contributed by atoms with Crippen molar-refractivity contribution in [1.82, 2.24) is 10.2 Å². The van der Waals surface area contributed by atoms with Gasteiger partial charge in [0, 0.05) is 5.54 Å². The van der Waals surface area contributed by atoms with Crippen LogP contribution in [0.25, 0.3) is 0 Å². The van der Waals surface area contributed by atoms with Gasteiger partial charge in [0.15, 0.2) is 0 Å². The number of Topliss-reactive ketones (excluding diaryl/α,β-unsaturated/α-hetero) is 1. The van der Waals surface area contributed by atoms with Gasteiger partial charge in [-0.05, 0) is 75.2 Å². The number of carbonyl (C=O) groups excluding carboxylic acids is 3. The number of carbonyl (C=O) groups is 3. The third kappa shape index (κ3) is 4.14. The zero-order valence-corrected chi connectivity index (χ0v) is 23.1. The van der Waals surface area contributed by atoms with E-state index < -0.39 is 11.7 Å². The number of nitrogens with one attached hydrogen (secondary N) is 1. The van der Waals surface area contributed by atoms with E-state index in [2.05, 4.69) is 48.6 Å². The molecule has 6 rings (SSSR count). The zero-order valence-electron chi connectivity index (χ0n) is 23.1. The number of fused-ring (bicyclic) bond motifs is 1. The molecule has 1 aliphatic carbocycles. The Labute approximate surface area is 234 Å². The van der Waals surface area contributed by atoms with Crippen molar-refractivity contribution in [2.75, 3.05) is 37.5 Å². The second-order valence-corrected chi connectivity index (χ2v) is 11.3. The third-order valence-corrected chi connectivity index (χ3v) is 9.05. The van der Waals surface area contributed by atoms with Gasteiger partial charge in [0.2, 0.25) is 0 Å². The minimum absolute atomic E-state index is 0.0943. The van der Waals surface area contributed by atoms with Crippen LogP contribution in [0.1, 0.15) is 47.2 Å². The summed E-state index contributed by atoms with van der Waals surface area (Å²) in [5.74, 6) is -0.436. The minimum Gasteiger partial charge on any atom is -0.497 e. The summed E-state index contributed by atoms with van der Waals surface area (Å²) < 4.78 is 5.23. The monoisotopic (exact) mass is 538 g/mol. The Hall–Kier alpha value is -4.17. The van der Waals surface area contributed by atoms with Crippen LogP contribution in [-0.2, 0) is 16.9 Å². The highest BCUT2D eigenvalue weighted by Gasteiger charge is 2.51. The standard InChI is InChI=1S/C32H34N4O4/c1-34(2)32(23-8-5-4-6-9-23)18-16-31(17-19-32)21-36(30(39)33-31)26-11-7-10-25-27(26)28(37)29(38)35(25)20-22-12-14-24(40-3)15-13-22/h4-15H,16-21H2,1-3H3,(H,33,39)/t31-,32-. The molecule has 1 N–H and O–H groups in total. The second-order valence-electron chi connectivity index (χ2n) is 11.3. The maximum Gasteiger partial charge on any atom is 0.322 e. The number of methoxy groups -OCH3 is 1. The van der Waals surface area contributed by atoms with Crippen molar-refractivity contribution in [3.8, 4) is 5.75 Å². The van der Waals surface area contributed by atoms with E-state index in [0.29, 0.717) is 23.5 Å². The SMILES string of the molecule is COc1ccc(CN2C(=O)C(=O)c3c2cccc3N2C[C@]3(CC[C@@](c4ccccc4)(N(C)C)CC3)NC2=O)cc1. The molecular formula is C32H34N4O4. The minimum atomic E-state index is -0.580. The van der Waals surface area contributed by atoms with E-state index in [4.69, 9.17) is 4.74 Å². The van der Waals surface area contributed by atoms with Gasteiger partial charge >= 0.3 is 6.03 Å².